The summed E-state index contributed by atoms with van der Waals surface area (Å²) in [5.41, 5.74) is 5.71. The zero-order valence-electron chi connectivity index (χ0n) is 11.4. The van der Waals surface area contributed by atoms with Crippen molar-refractivity contribution in [1.82, 2.24) is 15.0 Å². The van der Waals surface area contributed by atoms with Crippen molar-refractivity contribution in [3.63, 3.8) is 0 Å². The van der Waals surface area contributed by atoms with E-state index in [2.05, 4.69) is 15.0 Å². The minimum atomic E-state index is -4.39. The Morgan fingerprint density at radius 3 is 2.48 bits per heavy atom. The van der Waals surface area contributed by atoms with Crippen LogP contribution in [0.4, 0.5) is 19.0 Å². The Balaban J connectivity index is 2.28. The van der Waals surface area contributed by atoms with Crippen molar-refractivity contribution in [3.8, 4) is 0 Å². The van der Waals surface area contributed by atoms with Gasteiger partial charge in [0, 0.05) is 18.2 Å². The first-order chi connectivity index (χ1) is 9.81. The number of anilines is 1. The highest BCUT2D eigenvalue weighted by atomic mass is 32.2. The minimum absolute atomic E-state index is 0.372. The van der Waals surface area contributed by atoms with Gasteiger partial charge in [0.2, 0.25) is 0 Å². The Labute approximate surface area is 124 Å². The van der Waals surface area contributed by atoms with Crippen LogP contribution in [0, 0.1) is 6.92 Å². The van der Waals surface area contributed by atoms with Crippen LogP contribution < -0.4 is 5.73 Å². The lowest BCUT2D eigenvalue weighted by Crippen LogP contribution is -2.05. The van der Waals surface area contributed by atoms with Crippen LogP contribution in [0.15, 0.2) is 28.4 Å². The molecule has 0 unspecified atom stereocenters. The summed E-state index contributed by atoms with van der Waals surface area (Å²) in [4.78, 5) is 12.3. The molecule has 0 aliphatic carbocycles. The molecular formula is C13H13F3N4S. The number of pyridine rings is 1. The van der Waals surface area contributed by atoms with E-state index in [1.165, 1.54) is 17.8 Å². The maximum atomic E-state index is 12.5. The molecule has 4 nitrogen and oxygen atoms in total. The molecule has 0 aliphatic heterocycles. The number of nitrogens with two attached hydrogens (primary N) is 1. The maximum absolute atomic E-state index is 12.5. The smallest absolute Gasteiger partial charge is 0.383 e. The number of halogens is 3. The van der Waals surface area contributed by atoms with Gasteiger partial charge in [0.15, 0.2) is 0 Å². The summed E-state index contributed by atoms with van der Waals surface area (Å²) in [6, 6.07) is 2.31. The molecule has 2 N–H and O–H groups in total. The molecular weight excluding hydrogens is 301 g/mol. The van der Waals surface area contributed by atoms with Gasteiger partial charge in [-0.15, -0.1) is 0 Å². The van der Waals surface area contributed by atoms with Gasteiger partial charge in [-0.2, -0.15) is 13.2 Å². The van der Waals surface area contributed by atoms with E-state index in [9.17, 15) is 13.2 Å². The second kappa shape index (κ2) is 5.88. The predicted octanol–water partition coefficient (Wildman–Crippen LogP) is 3.49. The van der Waals surface area contributed by atoms with Gasteiger partial charge < -0.3 is 5.73 Å². The fourth-order valence-corrected chi connectivity index (χ4v) is 2.37. The molecule has 0 radical (unpaired) electrons. The van der Waals surface area contributed by atoms with Crippen LogP contribution in [0.3, 0.4) is 0 Å². The maximum Gasteiger partial charge on any atom is 0.417 e. The van der Waals surface area contributed by atoms with Crippen LogP contribution in [-0.2, 0) is 12.6 Å². The fraction of sp³-hybridized carbons (Fsp3) is 0.308. The zero-order chi connectivity index (χ0) is 15.6. The number of aromatic nitrogens is 3. The second-order valence-corrected chi connectivity index (χ2v) is 5.30. The topological polar surface area (TPSA) is 64.7 Å². The highest BCUT2D eigenvalue weighted by molar-refractivity contribution is 7.99. The predicted molar refractivity (Wildman–Crippen MR) is 73.9 cm³/mol. The molecule has 0 saturated heterocycles. The van der Waals surface area contributed by atoms with Crippen LogP contribution in [0.2, 0.25) is 0 Å². The third kappa shape index (κ3) is 3.63. The average molecular weight is 314 g/mol. The lowest BCUT2D eigenvalue weighted by Gasteiger charge is -2.09. The van der Waals surface area contributed by atoms with Crippen LogP contribution in [0.1, 0.15) is 23.9 Å². The minimum Gasteiger partial charge on any atom is -0.383 e. The molecule has 2 rings (SSSR count). The van der Waals surface area contributed by atoms with E-state index in [1.54, 1.807) is 6.92 Å². The van der Waals surface area contributed by atoms with Crippen molar-refractivity contribution in [3.05, 3.63) is 35.3 Å². The van der Waals surface area contributed by atoms with Crippen LogP contribution in [0.25, 0.3) is 0 Å². The first-order valence-electron chi connectivity index (χ1n) is 6.15. The number of hydrogen-bond acceptors (Lipinski definition) is 5. The Bertz CT molecular complexity index is 641. The average Bonchev–Trinajstić information content (AvgIpc) is 2.43. The van der Waals surface area contributed by atoms with Gasteiger partial charge in [0.25, 0.3) is 0 Å². The quantitative estimate of drug-likeness (QED) is 0.879. The molecule has 0 aromatic carbocycles. The molecule has 0 aliphatic rings. The van der Waals surface area contributed by atoms with Gasteiger partial charge in [-0.3, -0.25) is 0 Å². The van der Waals surface area contributed by atoms with Crippen molar-refractivity contribution in [2.75, 3.05) is 5.73 Å². The molecule has 2 aromatic heterocycles. The number of rotatable bonds is 3. The van der Waals surface area contributed by atoms with Gasteiger partial charge in [-0.1, -0.05) is 6.92 Å². The van der Waals surface area contributed by atoms with Gasteiger partial charge in [0.1, 0.15) is 21.7 Å². The largest absolute Gasteiger partial charge is 0.417 e. The van der Waals surface area contributed by atoms with Gasteiger partial charge in [-0.05, 0) is 30.8 Å². The van der Waals surface area contributed by atoms with E-state index in [1.807, 2.05) is 6.92 Å². The number of nitrogens with zero attached hydrogens (tertiary/aromatic N) is 3. The third-order valence-electron chi connectivity index (χ3n) is 2.77. The number of hydrogen-bond donors (Lipinski definition) is 1. The third-order valence-corrected chi connectivity index (χ3v) is 3.81. The van der Waals surface area contributed by atoms with E-state index < -0.39 is 11.7 Å². The highest BCUT2D eigenvalue weighted by Gasteiger charge is 2.30. The van der Waals surface area contributed by atoms with Crippen LogP contribution in [0.5, 0.6) is 0 Å². The fourth-order valence-electron chi connectivity index (χ4n) is 1.52. The van der Waals surface area contributed by atoms with Crippen molar-refractivity contribution >= 4 is 17.6 Å². The summed E-state index contributed by atoms with van der Waals surface area (Å²) in [6.45, 7) is 3.66. The molecule has 2 aromatic rings. The van der Waals surface area contributed by atoms with E-state index in [0.717, 1.165) is 12.3 Å². The standard InChI is InChI=1S/C13H13F3N4S/c1-3-9-19-11(17)7(2)12(20-9)21-10-5-4-8(6-18-10)13(14,15)16/h4-6H,3H2,1-2H3,(H2,17,19,20). The van der Waals surface area contributed by atoms with Crippen LogP contribution in [-0.4, -0.2) is 15.0 Å². The monoisotopic (exact) mass is 314 g/mol. The van der Waals surface area contributed by atoms with Crippen molar-refractivity contribution in [1.29, 1.82) is 0 Å². The van der Waals surface area contributed by atoms with Gasteiger partial charge in [-0.25, -0.2) is 15.0 Å². The van der Waals surface area contributed by atoms with E-state index in [4.69, 9.17) is 5.73 Å². The number of alkyl halides is 3. The van der Waals surface area contributed by atoms with Crippen molar-refractivity contribution in [2.45, 2.75) is 36.5 Å². The lowest BCUT2D eigenvalue weighted by molar-refractivity contribution is -0.137. The Morgan fingerprint density at radius 2 is 1.95 bits per heavy atom. The van der Waals surface area contributed by atoms with E-state index in [-0.39, 0.29) is 0 Å². The highest BCUT2D eigenvalue weighted by Crippen LogP contribution is 2.32. The summed E-state index contributed by atoms with van der Waals surface area (Å²) in [6.07, 6.45) is -2.96. The molecule has 2 heterocycles. The molecule has 0 fully saturated rings. The van der Waals surface area contributed by atoms with E-state index >= 15 is 0 Å². The van der Waals surface area contributed by atoms with E-state index in [0.29, 0.717) is 33.7 Å². The summed E-state index contributed by atoms with van der Waals surface area (Å²) in [5, 5.41) is 1.03. The summed E-state index contributed by atoms with van der Waals surface area (Å²) in [5.74, 6) is 0.962. The number of nitrogen functional groups attached to an aromatic ring is 1. The SMILES string of the molecule is CCc1nc(N)c(C)c(Sc2ccc(C(F)(F)F)cn2)n1. The number of aryl methyl sites for hydroxylation is 1. The Morgan fingerprint density at radius 1 is 1.24 bits per heavy atom. The Kier molecular flexibility index (Phi) is 4.36. The van der Waals surface area contributed by atoms with Crippen molar-refractivity contribution in [2.24, 2.45) is 0 Å². The van der Waals surface area contributed by atoms with Gasteiger partial charge in [0.05, 0.1) is 5.56 Å². The summed E-state index contributed by atoms with van der Waals surface area (Å²) in [7, 11) is 0. The van der Waals surface area contributed by atoms with Crippen molar-refractivity contribution < 1.29 is 13.2 Å². The summed E-state index contributed by atoms with van der Waals surface area (Å²) >= 11 is 1.17. The van der Waals surface area contributed by atoms with Gasteiger partial charge >= 0.3 is 6.18 Å². The Hall–Kier alpha value is -1.83. The molecule has 0 bridgehead atoms. The molecule has 0 amide bonds. The molecule has 21 heavy (non-hydrogen) atoms. The molecule has 112 valence electrons. The second-order valence-electron chi connectivity index (χ2n) is 4.29. The molecule has 8 heteroatoms. The van der Waals surface area contributed by atoms with Crippen LogP contribution >= 0.6 is 11.8 Å². The molecule has 0 saturated carbocycles. The summed E-state index contributed by atoms with van der Waals surface area (Å²) < 4.78 is 37.4. The first-order valence-corrected chi connectivity index (χ1v) is 6.97. The molecule has 0 atom stereocenters. The normalized spacial score (nSPS) is 11.7. The lowest BCUT2D eigenvalue weighted by atomic mass is 10.3. The zero-order valence-corrected chi connectivity index (χ0v) is 12.2. The first kappa shape index (κ1) is 15.6. The molecule has 0 spiro atoms.